The molecule has 0 aliphatic carbocycles. The molecule has 0 radical (unpaired) electrons. The fourth-order valence-corrected chi connectivity index (χ4v) is 1.53. The molecule has 0 unspecified atom stereocenters. The number of rotatable bonds is 1. The maximum atomic E-state index is 13.5. The van der Waals surface area contributed by atoms with Crippen LogP contribution < -0.4 is 5.56 Å². The van der Waals surface area contributed by atoms with E-state index in [0.717, 1.165) is 0 Å². The van der Waals surface area contributed by atoms with Crippen LogP contribution in [0.4, 0.5) is 4.39 Å². The molecular formula is C11H6FN3O2. The van der Waals surface area contributed by atoms with E-state index < -0.39 is 11.4 Å². The van der Waals surface area contributed by atoms with Crippen molar-refractivity contribution in [2.75, 3.05) is 0 Å². The van der Waals surface area contributed by atoms with Crippen LogP contribution in [-0.4, -0.2) is 15.2 Å². The second-order valence-electron chi connectivity index (χ2n) is 3.41. The lowest BCUT2D eigenvalue weighted by atomic mass is 10.2. The maximum absolute atomic E-state index is 13.5. The lowest BCUT2D eigenvalue weighted by molar-refractivity contribution is 0.590. The number of oxazole rings is 1. The second-order valence-corrected chi connectivity index (χ2v) is 3.41. The molecule has 0 saturated carbocycles. The van der Waals surface area contributed by atoms with E-state index in [9.17, 15) is 9.18 Å². The van der Waals surface area contributed by atoms with Gasteiger partial charge in [-0.15, -0.1) is 0 Å². The molecule has 1 aromatic carbocycles. The number of fused-ring (bicyclic) bond motifs is 1. The average molecular weight is 231 g/mol. The molecule has 5 nitrogen and oxygen atoms in total. The minimum atomic E-state index is -0.488. The van der Waals surface area contributed by atoms with Crippen molar-refractivity contribution in [2.45, 2.75) is 0 Å². The van der Waals surface area contributed by atoms with Crippen molar-refractivity contribution < 1.29 is 8.81 Å². The first-order valence-corrected chi connectivity index (χ1v) is 4.85. The molecule has 6 heteroatoms. The molecule has 0 amide bonds. The van der Waals surface area contributed by atoms with Crippen LogP contribution in [0.3, 0.4) is 0 Å². The zero-order chi connectivity index (χ0) is 11.8. The minimum Gasteiger partial charge on any atom is -0.430 e. The smallest absolute Gasteiger partial charge is 0.309 e. The standard InChI is InChI=1S/C11H6FN3O2/c12-7-4-2-1-3-6(7)11-14-8-5-13-15-10(16)9(8)17-11/h1-5H,(H,15,16). The third kappa shape index (κ3) is 1.50. The van der Waals surface area contributed by atoms with Crippen molar-refractivity contribution in [3.8, 4) is 11.5 Å². The van der Waals surface area contributed by atoms with Crippen LogP contribution in [0.5, 0.6) is 0 Å². The topological polar surface area (TPSA) is 71.8 Å². The Bertz CT molecular complexity index is 748. The van der Waals surface area contributed by atoms with E-state index >= 15 is 0 Å². The first-order chi connectivity index (χ1) is 8.25. The summed E-state index contributed by atoms with van der Waals surface area (Å²) in [4.78, 5) is 15.4. The Morgan fingerprint density at radius 3 is 2.88 bits per heavy atom. The van der Waals surface area contributed by atoms with E-state index in [-0.39, 0.29) is 17.0 Å². The Labute approximate surface area is 93.9 Å². The molecule has 0 bridgehead atoms. The Balaban J connectivity index is 2.30. The summed E-state index contributed by atoms with van der Waals surface area (Å²) in [6.07, 6.45) is 1.35. The number of hydrogen-bond acceptors (Lipinski definition) is 4. The normalized spacial score (nSPS) is 10.9. The van der Waals surface area contributed by atoms with Crippen molar-refractivity contribution in [3.63, 3.8) is 0 Å². The molecule has 0 aliphatic heterocycles. The predicted molar refractivity (Wildman–Crippen MR) is 57.8 cm³/mol. The molecule has 0 aliphatic rings. The third-order valence-corrected chi connectivity index (χ3v) is 2.32. The molecule has 2 heterocycles. The minimum absolute atomic E-state index is 0.0400. The first kappa shape index (κ1) is 9.71. The number of nitrogens with one attached hydrogen (secondary N) is 1. The van der Waals surface area contributed by atoms with Crippen LogP contribution in [0.2, 0.25) is 0 Å². The van der Waals surface area contributed by atoms with Gasteiger partial charge in [-0.1, -0.05) is 12.1 Å². The highest BCUT2D eigenvalue weighted by Crippen LogP contribution is 2.23. The number of H-pyrrole nitrogens is 1. The predicted octanol–water partition coefficient (Wildman–Crippen LogP) is 1.72. The van der Waals surface area contributed by atoms with Crippen LogP contribution in [0.25, 0.3) is 22.6 Å². The van der Waals surface area contributed by atoms with Crippen molar-refractivity contribution in [2.24, 2.45) is 0 Å². The first-order valence-electron chi connectivity index (χ1n) is 4.85. The molecule has 0 spiro atoms. The molecular weight excluding hydrogens is 225 g/mol. The van der Waals surface area contributed by atoms with Crippen molar-refractivity contribution in [3.05, 3.63) is 46.6 Å². The number of benzene rings is 1. The van der Waals surface area contributed by atoms with Crippen molar-refractivity contribution >= 4 is 11.1 Å². The van der Waals surface area contributed by atoms with Gasteiger partial charge in [0.2, 0.25) is 11.5 Å². The van der Waals surface area contributed by atoms with Crippen LogP contribution >= 0.6 is 0 Å². The summed E-state index contributed by atoms with van der Waals surface area (Å²) in [5.41, 5.74) is 0.0611. The van der Waals surface area contributed by atoms with E-state index in [1.165, 1.54) is 18.3 Å². The van der Waals surface area contributed by atoms with Gasteiger partial charge in [-0.25, -0.2) is 14.5 Å². The molecule has 0 atom stereocenters. The van der Waals surface area contributed by atoms with Crippen LogP contribution in [0.15, 0.2) is 39.7 Å². The highest BCUT2D eigenvalue weighted by atomic mass is 19.1. The largest absolute Gasteiger partial charge is 0.430 e. The van der Waals surface area contributed by atoms with E-state index in [2.05, 4.69) is 15.2 Å². The Hall–Kier alpha value is -2.50. The van der Waals surface area contributed by atoms with E-state index in [4.69, 9.17) is 4.42 Å². The second kappa shape index (κ2) is 3.51. The van der Waals surface area contributed by atoms with Gasteiger partial charge in [0.1, 0.15) is 11.3 Å². The van der Waals surface area contributed by atoms with E-state index in [1.807, 2.05) is 0 Å². The zero-order valence-electron chi connectivity index (χ0n) is 8.48. The molecule has 0 fully saturated rings. The Kier molecular flexibility index (Phi) is 2.01. The highest BCUT2D eigenvalue weighted by Gasteiger charge is 2.13. The summed E-state index contributed by atoms with van der Waals surface area (Å²) in [6, 6.07) is 6.06. The fourth-order valence-electron chi connectivity index (χ4n) is 1.53. The lowest BCUT2D eigenvalue weighted by Crippen LogP contribution is -2.05. The van der Waals surface area contributed by atoms with Crippen LogP contribution in [0, 0.1) is 5.82 Å². The van der Waals surface area contributed by atoms with Gasteiger partial charge >= 0.3 is 5.56 Å². The average Bonchev–Trinajstić information content (AvgIpc) is 2.75. The number of aromatic amines is 1. The van der Waals surface area contributed by atoms with Gasteiger partial charge in [0.15, 0.2) is 0 Å². The van der Waals surface area contributed by atoms with E-state index in [0.29, 0.717) is 5.52 Å². The highest BCUT2D eigenvalue weighted by molar-refractivity contribution is 5.74. The van der Waals surface area contributed by atoms with Gasteiger partial charge in [-0.2, -0.15) is 5.10 Å². The summed E-state index contributed by atoms with van der Waals surface area (Å²) < 4.78 is 18.7. The van der Waals surface area contributed by atoms with E-state index in [1.54, 1.807) is 12.1 Å². The van der Waals surface area contributed by atoms with Crippen molar-refractivity contribution in [1.82, 2.24) is 15.2 Å². The lowest BCUT2D eigenvalue weighted by Gasteiger charge is -1.95. The Morgan fingerprint density at radius 1 is 1.29 bits per heavy atom. The monoisotopic (exact) mass is 231 g/mol. The summed E-state index contributed by atoms with van der Waals surface area (Å²) in [5, 5.41) is 5.81. The van der Waals surface area contributed by atoms with Gasteiger partial charge in [0.05, 0.1) is 11.8 Å². The van der Waals surface area contributed by atoms with Gasteiger partial charge in [0.25, 0.3) is 0 Å². The van der Waals surface area contributed by atoms with Gasteiger partial charge in [0, 0.05) is 0 Å². The summed E-state index contributed by atoms with van der Waals surface area (Å²) in [5.74, 6) is -0.389. The molecule has 17 heavy (non-hydrogen) atoms. The number of nitrogens with zero attached hydrogens (tertiary/aromatic N) is 2. The maximum Gasteiger partial charge on any atom is 0.309 e. The molecule has 0 saturated heterocycles. The molecule has 2 aromatic heterocycles. The molecule has 1 N–H and O–H groups in total. The zero-order valence-corrected chi connectivity index (χ0v) is 8.48. The SMILES string of the molecule is O=c1[nH]ncc2nc(-c3ccccc3F)oc12. The number of halogens is 1. The van der Waals surface area contributed by atoms with Gasteiger partial charge < -0.3 is 4.42 Å². The molecule has 84 valence electrons. The van der Waals surface area contributed by atoms with Crippen LogP contribution in [-0.2, 0) is 0 Å². The summed E-state index contributed by atoms with van der Waals surface area (Å²) >= 11 is 0. The molecule has 3 aromatic rings. The quantitative estimate of drug-likeness (QED) is 0.692. The molecule has 3 rings (SSSR count). The summed E-state index contributed by atoms with van der Waals surface area (Å²) in [7, 11) is 0. The van der Waals surface area contributed by atoms with Crippen LogP contribution in [0.1, 0.15) is 0 Å². The summed E-state index contributed by atoms with van der Waals surface area (Å²) in [6.45, 7) is 0. The van der Waals surface area contributed by atoms with Gasteiger partial charge in [-0.3, -0.25) is 4.79 Å². The number of aromatic nitrogens is 3. The van der Waals surface area contributed by atoms with Gasteiger partial charge in [-0.05, 0) is 12.1 Å². The Morgan fingerprint density at radius 2 is 2.12 bits per heavy atom. The fraction of sp³-hybridized carbons (Fsp3) is 0. The number of hydrogen-bond donors (Lipinski definition) is 1. The van der Waals surface area contributed by atoms with Crippen molar-refractivity contribution in [1.29, 1.82) is 0 Å². The third-order valence-electron chi connectivity index (χ3n) is 2.32.